The predicted molar refractivity (Wildman–Crippen MR) is 94.3 cm³/mol. The standard InChI is InChI=1S/C18H18N2O5S/c21-17-7-10-26(23,24)20(17)15-4-1-3-13(11-15)18(22)19-8-6-14(12-19)16-5-2-9-25-16/h1-5,9,11,14H,6-8,10,12H2. The minimum Gasteiger partial charge on any atom is -0.469 e. The predicted octanol–water partition coefficient (Wildman–Crippen LogP) is 1.98. The van der Waals surface area contributed by atoms with Gasteiger partial charge in [-0.15, -0.1) is 0 Å². The van der Waals surface area contributed by atoms with Gasteiger partial charge in [-0.25, -0.2) is 12.7 Å². The van der Waals surface area contributed by atoms with Crippen LogP contribution in [0.4, 0.5) is 5.69 Å². The van der Waals surface area contributed by atoms with E-state index in [-0.39, 0.29) is 29.7 Å². The normalized spacial score (nSPS) is 22.2. The van der Waals surface area contributed by atoms with E-state index in [0.717, 1.165) is 16.5 Å². The molecule has 0 radical (unpaired) electrons. The number of sulfonamides is 1. The number of hydrogen-bond donors (Lipinski definition) is 0. The minimum atomic E-state index is -3.64. The lowest BCUT2D eigenvalue weighted by Gasteiger charge is -2.19. The topological polar surface area (TPSA) is 87.9 Å². The van der Waals surface area contributed by atoms with Gasteiger partial charge in [-0.2, -0.15) is 0 Å². The van der Waals surface area contributed by atoms with Gasteiger partial charge in [0.05, 0.1) is 17.7 Å². The van der Waals surface area contributed by atoms with Crippen LogP contribution in [-0.4, -0.2) is 44.0 Å². The molecule has 4 rings (SSSR count). The summed E-state index contributed by atoms with van der Waals surface area (Å²) in [4.78, 5) is 26.5. The zero-order valence-corrected chi connectivity index (χ0v) is 14.8. The molecule has 2 aliphatic heterocycles. The monoisotopic (exact) mass is 374 g/mol. The van der Waals surface area contributed by atoms with E-state index in [9.17, 15) is 18.0 Å². The lowest BCUT2D eigenvalue weighted by Crippen LogP contribution is -2.31. The van der Waals surface area contributed by atoms with Crippen molar-refractivity contribution < 1.29 is 22.4 Å². The maximum absolute atomic E-state index is 12.8. The maximum atomic E-state index is 12.8. The van der Waals surface area contributed by atoms with Crippen LogP contribution < -0.4 is 4.31 Å². The Morgan fingerprint density at radius 3 is 2.73 bits per heavy atom. The van der Waals surface area contributed by atoms with Crippen molar-refractivity contribution in [3.8, 4) is 0 Å². The summed E-state index contributed by atoms with van der Waals surface area (Å²) in [5.74, 6) is 0.195. The van der Waals surface area contributed by atoms with Crippen LogP contribution in [-0.2, 0) is 14.8 Å². The summed E-state index contributed by atoms with van der Waals surface area (Å²) in [5.41, 5.74) is 0.595. The number of carbonyl (C=O) groups is 2. The van der Waals surface area contributed by atoms with E-state index in [1.165, 1.54) is 12.1 Å². The maximum Gasteiger partial charge on any atom is 0.253 e. The first kappa shape index (κ1) is 16.8. The third-order valence-electron chi connectivity index (χ3n) is 4.83. The summed E-state index contributed by atoms with van der Waals surface area (Å²) in [7, 11) is -3.64. The molecule has 7 nitrogen and oxygen atoms in total. The highest BCUT2D eigenvalue weighted by atomic mass is 32.2. The van der Waals surface area contributed by atoms with Crippen LogP contribution in [0.2, 0.25) is 0 Å². The zero-order chi connectivity index (χ0) is 18.3. The molecular weight excluding hydrogens is 356 g/mol. The largest absolute Gasteiger partial charge is 0.469 e. The molecule has 0 saturated carbocycles. The van der Waals surface area contributed by atoms with Gasteiger partial charge in [0.1, 0.15) is 5.76 Å². The van der Waals surface area contributed by atoms with Crippen molar-refractivity contribution in [3.63, 3.8) is 0 Å². The summed E-state index contributed by atoms with van der Waals surface area (Å²) >= 11 is 0. The first-order valence-corrected chi connectivity index (χ1v) is 10.1. The van der Waals surface area contributed by atoms with Gasteiger partial charge in [-0.05, 0) is 36.8 Å². The van der Waals surface area contributed by atoms with Gasteiger partial charge in [0.15, 0.2) is 0 Å². The number of amides is 2. The van der Waals surface area contributed by atoms with Gasteiger partial charge in [0, 0.05) is 31.0 Å². The molecule has 0 spiro atoms. The summed E-state index contributed by atoms with van der Waals surface area (Å²) in [6.07, 6.45) is 2.41. The van der Waals surface area contributed by atoms with E-state index >= 15 is 0 Å². The average molecular weight is 374 g/mol. The van der Waals surface area contributed by atoms with Gasteiger partial charge >= 0.3 is 0 Å². The quantitative estimate of drug-likeness (QED) is 0.820. The van der Waals surface area contributed by atoms with E-state index in [2.05, 4.69) is 0 Å². The molecule has 2 aromatic rings. The lowest BCUT2D eigenvalue weighted by molar-refractivity contribution is -0.116. The molecular formula is C18H18N2O5S. The Hall–Kier alpha value is -2.61. The number of anilines is 1. The molecule has 2 fully saturated rings. The number of likely N-dealkylation sites (tertiary alicyclic amines) is 1. The highest BCUT2D eigenvalue weighted by Gasteiger charge is 2.37. The van der Waals surface area contributed by atoms with Crippen molar-refractivity contribution in [2.24, 2.45) is 0 Å². The highest BCUT2D eigenvalue weighted by molar-refractivity contribution is 7.94. The number of rotatable bonds is 3. The molecule has 1 aromatic heterocycles. The first-order valence-electron chi connectivity index (χ1n) is 8.44. The van der Waals surface area contributed by atoms with Gasteiger partial charge in [-0.1, -0.05) is 6.07 Å². The Morgan fingerprint density at radius 1 is 1.19 bits per heavy atom. The highest BCUT2D eigenvalue weighted by Crippen LogP contribution is 2.30. The van der Waals surface area contributed by atoms with Crippen molar-refractivity contribution in [1.29, 1.82) is 0 Å². The Labute approximate surface area is 151 Å². The van der Waals surface area contributed by atoms with E-state index in [1.807, 2.05) is 12.1 Å². The van der Waals surface area contributed by atoms with Crippen LogP contribution >= 0.6 is 0 Å². The van der Waals surface area contributed by atoms with Crippen LogP contribution in [0.3, 0.4) is 0 Å². The fraction of sp³-hybridized carbons (Fsp3) is 0.333. The second-order valence-electron chi connectivity index (χ2n) is 6.53. The number of hydrogen-bond acceptors (Lipinski definition) is 5. The third kappa shape index (κ3) is 2.90. The van der Waals surface area contributed by atoms with Crippen molar-refractivity contribution in [2.45, 2.75) is 18.8 Å². The van der Waals surface area contributed by atoms with E-state index < -0.39 is 15.9 Å². The molecule has 0 aliphatic carbocycles. The van der Waals surface area contributed by atoms with Crippen LogP contribution in [0, 0.1) is 0 Å². The number of carbonyl (C=O) groups excluding carboxylic acids is 2. The molecule has 2 saturated heterocycles. The number of furan rings is 1. The molecule has 1 atom stereocenters. The molecule has 26 heavy (non-hydrogen) atoms. The van der Waals surface area contributed by atoms with Crippen LogP contribution in [0.25, 0.3) is 0 Å². The Kier molecular flexibility index (Phi) is 4.07. The Bertz CT molecular complexity index is 952. The molecule has 136 valence electrons. The zero-order valence-electron chi connectivity index (χ0n) is 14.0. The summed E-state index contributed by atoms with van der Waals surface area (Å²) in [5, 5.41) is 0. The fourth-order valence-corrected chi connectivity index (χ4v) is 4.97. The second kappa shape index (κ2) is 6.28. The molecule has 0 bridgehead atoms. The molecule has 2 amide bonds. The van der Waals surface area contributed by atoms with Crippen molar-refractivity contribution >= 4 is 27.5 Å². The Balaban J connectivity index is 1.55. The molecule has 3 heterocycles. The van der Waals surface area contributed by atoms with Gasteiger partial charge in [0.25, 0.3) is 5.91 Å². The third-order valence-corrected chi connectivity index (χ3v) is 6.52. The lowest BCUT2D eigenvalue weighted by atomic mass is 10.1. The number of nitrogens with zero attached hydrogens (tertiary/aromatic N) is 2. The number of benzene rings is 1. The van der Waals surface area contributed by atoms with E-state index in [1.54, 1.807) is 23.3 Å². The SMILES string of the molecule is O=C(c1cccc(N2C(=O)CCS2(=O)=O)c1)N1CCC(c2ccco2)C1. The van der Waals surface area contributed by atoms with E-state index in [4.69, 9.17) is 4.42 Å². The van der Waals surface area contributed by atoms with Gasteiger partial charge < -0.3 is 9.32 Å². The summed E-state index contributed by atoms with van der Waals surface area (Å²) < 4.78 is 30.4. The van der Waals surface area contributed by atoms with E-state index in [0.29, 0.717) is 18.7 Å². The summed E-state index contributed by atoms with van der Waals surface area (Å²) in [6, 6.07) is 9.99. The smallest absolute Gasteiger partial charge is 0.253 e. The van der Waals surface area contributed by atoms with Crippen molar-refractivity contribution in [1.82, 2.24) is 4.90 Å². The van der Waals surface area contributed by atoms with Gasteiger partial charge in [-0.3, -0.25) is 9.59 Å². The van der Waals surface area contributed by atoms with Crippen LogP contribution in [0.15, 0.2) is 47.1 Å². The molecule has 1 unspecified atom stereocenters. The molecule has 1 aromatic carbocycles. The Morgan fingerprint density at radius 2 is 2.04 bits per heavy atom. The van der Waals surface area contributed by atoms with Crippen LogP contribution in [0.5, 0.6) is 0 Å². The molecule has 0 N–H and O–H groups in total. The van der Waals surface area contributed by atoms with Crippen LogP contribution in [0.1, 0.15) is 34.9 Å². The molecule has 8 heteroatoms. The fourth-order valence-electron chi connectivity index (χ4n) is 3.52. The minimum absolute atomic E-state index is 0.0303. The average Bonchev–Trinajstić information content (AvgIpc) is 3.34. The van der Waals surface area contributed by atoms with Gasteiger partial charge in [0.2, 0.25) is 15.9 Å². The first-order chi connectivity index (χ1) is 12.5. The second-order valence-corrected chi connectivity index (χ2v) is 8.46. The van der Waals surface area contributed by atoms with Crippen molar-refractivity contribution in [3.05, 3.63) is 54.0 Å². The van der Waals surface area contributed by atoms with Crippen molar-refractivity contribution in [2.75, 3.05) is 23.1 Å². The summed E-state index contributed by atoms with van der Waals surface area (Å²) in [6.45, 7) is 1.16. The molecule has 2 aliphatic rings.